The molecule has 0 atom stereocenters. The van der Waals surface area contributed by atoms with E-state index in [0.29, 0.717) is 12.5 Å². The number of Topliss-reactive ketones (excluding diaryl/α,β-unsaturated/α-hetero) is 1. The largest absolute Gasteiger partial charge is 0.486 e. The van der Waals surface area contributed by atoms with Crippen molar-refractivity contribution in [1.82, 2.24) is 4.90 Å². The molecule has 2 heterocycles. The molecule has 4 heteroatoms. The van der Waals surface area contributed by atoms with Crippen LogP contribution < -0.4 is 4.74 Å². The fraction of sp³-hybridized carbons (Fsp3) is 0.562. The van der Waals surface area contributed by atoms with Crippen molar-refractivity contribution in [2.45, 2.75) is 44.8 Å². The summed E-state index contributed by atoms with van der Waals surface area (Å²) in [5.74, 6) is 0.966. The minimum Gasteiger partial charge on any atom is -0.486 e. The van der Waals surface area contributed by atoms with Gasteiger partial charge in [0.25, 0.3) is 0 Å². The monoisotopic (exact) mass is 337 g/mol. The first kappa shape index (κ1) is 14.1. The molecule has 3 rings (SSSR count). The Morgan fingerprint density at radius 2 is 2.00 bits per heavy atom. The zero-order valence-corrected chi connectivity index (χ0v) is 13.6. The fourth-order valence-electron chi connectivity index (χ4n) is 3.19. The van der Waals surface area contributed by atoms with Crippen molar-refractivity contribution in [3.63, 3.8) is 0 Å². The first-order valence-electron chi connectivity index (χ1n) is 7.25. The van der Waals surface area contributed by atoms with E-state index in [1.54, 1.807) is 0 Å². The maximum atomic E-state index is 12.4. The van der Waals surface area contributed by atoms with Gasteiger partial charge in [0.05, 0.1) is 12.0 Å². The van der Waals surface area contributed by atoms with E-state index in [4.69, 9.17) is 4.74 Å². The van der Waals surface area contributed by atoms with Gasteiger partial charge in [-0.15, -0.1) is 0 Å². The zero-order valence-electron chi connectivity index (χ0n) is 12.0. The highest BCUT2D eigenvalue weighted by Gasteiger charge is 2.43. The van der Waals surface area contributed by atoms with Gasteiger partial charge in [-0.3, -0.25) is 4.79 Å². The molecule has 0 unspecified atom stereocenters. The maximum absolute atomic E-state index is 12.4. The summed E-state index contributed by atoms with van der Waals surface area (Å²) in [5.41, 5.74) is 0.444. The van der Waals surface area contributed by atoms with Crippen molar-refractivity contribution in [3.8, 4) is 5.75 Å². The molecule has 0 aromatic heterocycles. The van der Waals surface area contributed by atoms with Crippen molar-refractivity contribution in [3.05, 3.63) is 28.2 Å². The predicted molar refractivity (Wildman–Crippen MR) is 82.4 cm³/mol. The Morgan fingerprint density at radius 3 is 2.65 bits per heavy atom. The number of carbonyl (C=O) groups excluding carboxylic acids is 1. The molecule has 0 radical (unpaired) electrons. The molecule has 1 aromatic rings. The van der Waals surface area contributed by atoms with Crippen LogP contribution in [-0.2, 0) is 0 Å². The number of fused-ring (bicyclic) bond motifs is 1. The number of benzene rings is 1. The average Bonchev–Trinajstić information content (AvgIpc) is 2.40. The normalized spacial score (nSPS) is 21.9. The van der Waals surface area contributed by atoms with E-state index < -0.39 is 0 Å². The van der Waals surface area contributed by atoms with Gasteiger partial charge in [-0.25, -0.2) is 0 Å². The number of carbonyl (C=O) groups is 1. The molecule has 1 aromatic carbocycles. The number of likely N-dealkylation sites (tertiary alicyclic amines) is 1. The molecular formula is C16H20BrNO2. The van der Waals surface area contributed by atoms with E-state index in [0.717, 1.165) is 41.7 Å². The standard InChI is InChI=1S/C16H20BrNO2/c1-11(2)18-7-5-16(6-8-18)10-14(19)13-9-12(17)3-4-15(13)20-16/h3-4,9,11H,5-8,10H2,1-2H3. The number of ketones is 1. The number of halogens is 1. The summed E-state index contributed by atoms with van der Waals surface area (Å²) in [6.07, 6.45) is 2.39. The van der Waals surface area contributed by atoms with Gasteiger partial charge < -0.3 is 9.64 Å². The molecule has 1 fully saturated rings. The van der Waals surface area contributed by atoms with Crippen LogP contribution in [0.2, 0.25) is 0 Å². The minimum absolute atomic E-state index is 0.213. The van der Waals surface area contributed by atoms with Gasteiger partial charge in [0.1, 0.15) is 11.4 Å². The molecule has 3 nitrogen and oxygen atoms in total. The number of rotatable bonds is 1. The van der Waals surface area contributed by atoms with Gasteiger partial charge >= 0.3 is 0 Å². The summed E-state index contributed by atoms with van der Waals surface area (Å²) in [6.45, 7) is 6.46. The highest BCUT2D eigenvalue weighted by atomic mass is 79.9. The molecule has 1 saturated heterocycles. The Hall–Kier alpha value is -0.870. The maximum Gasteiger partial charge on any atom is 0.170 e. The van der Waals surface area contributed by atoms with Crippen LogP contribution in [0.1, 0.15) is 43.5 Å². The van der Waals surface area contributed by atoms with Crippen LogP contribution in [-0.4, -0.2) is 35.4 Å². The third kappa shape index (κ3) is 2.51. The highest BCUT2D eigenvalue weighted by molar-refractivity contribution is 9.10. The fourth-order valence-corrected chi connectivity index (χ4v) is 3.55. The van der Waals surface area contributed by atoms with Crippen molar-refractivity contribution >= 4 is 21.7 Å². The molecular weight excluding hydrogens is 318 g/mol. The SMILES string of the molecule is CC(C)N1CCC2(CC1)CC(=O)c1cc(Br)ccc1O2. The van der Waals surface area contributed by atoms with Crippen molar-refractivity contribution in [2.75, 3.05) is 13.1 Å². The summed E-state index contributed by atoms with van der Waals surface area (Å²) in [6, 6.07) is 6.28. The Bertz CT molecular complexity index is 533. The molecule has 1 spiro atoms. The predicted octanol–water partition coefficient (Wildman–Crippen LogP) is 3.66. The second-order valence-corrected chi connectivity index (χ2v) is 7.07. The van der Waals surface area contributed by atoms with Gasteiger partial charge in [-0.1, -0.05) is 15.9 Å². The molecule has 0 amide bonds. The first-order valence-corrected chi connectivity index (χ1v) is 8.04. The summed E-state index contributed by atoms with van der Waals surface area (Å²) in [7, 11) is 0. The molecule has 0 saturated carbocycles. The van der Waals surface area contributed by atoms with Crippen LogP contribution in [0.25, 0.3) is 0 Å². The van der Waals surface area contributed by atoms with Gasteiger partial charge in [0.2, 0.25) is 0 Å². The van der Waals surface area contributed by atoms with Gasteiger partial charge in [-0.2, -0.15) is 0 Å². The van der Waals surface area contributed by atoms with Gasteiger partial charge in [0.15, 0.2) is 5.78 Å². The van der Waals surface area contributed by atoms with E-state index in [2.05, 4.69) is 34.7 Å². The topological polar surface area (TPSA) is 29.5 Å². The summed E-state index contributed by atoms with van der Waals surface area (Å²) >= 11 is 3.41. The van der Waals surface area contributed by atoms with Crippen LogP contribution in [0.15, 0.2) is 22.7 Å². The lowest BCUT2D eigenvalue weighted by atomic mass is 9.82. The number of hydrogen-bond acceptors (Lipinski definition) is 3. The third-order valence-corrected chi connectivity index (χ3v) is 4.98. The van der Waals surface area contributed by atoms with Gasteiger partial charge in [-0.05, 0) is 32.0 Å². The number of piperidine rings is 1. The Labute approximate surface area is 128 Å². The smallest absolute Gasteiger partial charge is 0.170 e. The van der Waals surface area contributed by atoms with E-state index in [9.17, 15) is 4.79 Å². The second kappa shape index (κ2) is 5.15. The molecule has 0 bridgehead atoms. The van der Waals surface area contributed by atoms with E-state index >= 15 is 0 Å². The number of hydrogen-bond donors (Lipinski definition) is 0. The van der Waals surface area contributed by atoms with Crippen molar-refractivity contribution < 1.29 is 9.53 Å². The quantitative estimate of drug-likeness (QED) is 0.783. The van der Waals surface area contributed by atoms with Crippen LogP contribution in [0.4, 0.5) is 0 Å². The summed E-state index contributed by atoms with van der Waals surface area (Å²) in [4.78, 5) is 14.9. The zero-order chi connectivity index (χ0) is 14.3. The van der Waals surface area contributed by atoms with Gasteiger partial charge in [0, 0.05) is 36.4 Å². The number of ether oxygens (including phenoxy) is 1. The minimum atomic E-state index is -0.275. The van der Waals surface area contributed by atoms with E-state index in [-0.39, 0.29) is 11.4 Å². The molecule has 108 valence electrons. The van der Waals surface area contributed by atoms with Crippen molar-refractivity contribution in [2.24, 2.45) is 0 Å². The lowest BCUT2D eigenvalue weighted by Gasteiger charge is -2.45. The third-order valence-electron chi connectivity index (χ3n) is 4.49. The van der Waals surface area contributed by atoms with Crippen LogP contribution in [0.3, 0.4) is 0 Å². The first-order chi connectivity index (χ1) is 9.49. The lowest BCUT2D eigenvalue weighted by molar-refractivity contribution is -0.0153. The van der Waals surface area contributed by atoms with Crippen LogP contribution >= 0.6 is 15.9 Å². The Balaban J connectivity index is 1.82. The molecule has 2 aliphatic heterocycles. The molecule has 20 heavy (non-hydrogen) atoms. The number of nitrogens with zero attached hydrogens (tertiary/aromatic N) is 1. The Morgan fingerprint density at radius 1 is 1.30 bits per heavy atom. The average molecular weight is 338 g/mol. The second-order valence-electron chi connectivity index (χ2n) is 6.16. The molecule has 0 N–H and O–H groups in total. The van der Waals surface area contributed by atoms with Crippen molar-refractivity contribution in [1.29, 1.82) is 0 Å². The summed E-state index contributed by atoms with van der Waals surface area (Å²) < 4.78 is 7.17. The highest BCUT2D eigenvalue weighted by Crippen LogP contribution is 2.40. The summed E-state index contributed by atoms with van der Waals surface area (Å²) in [5, 5.41) is 0. The van der Waals surface area contributed by atoms with E-state index in [1.165, 1.54) is 0 Å². The van der Waals surface area contributed by atoms with Crippen LogP contribution in [0, 0.1) is 0 Å². The van der Waals surface area contributed by atoms with Crippen LogP contribution in [0.5, 0.6) is 5.75 Å². The molecule has 2 aliphatic rings. The molecule has 0 aliphatic carbocycles. The lowest BCUT2D eigenvalue weighted by Crippen LogP contribution is -2.52. The Kier molecular flexibility index (Phi) is 3.63. The van der Waals surface area contributed by atoms with E-state index in [1.807, 2.05) is 18.2 Å².